The highest BCUT2D eigenvalue weighted by atomic mass is 79.9. The smallest absolute Gasteiger partial charge is 0.166 e. The first-order valence-electron chi connectivity index (χ1n) is 7.42. The number of nitrogens with one attached hydrogen (secondary N) is 1. The van der Waals surface area contributed by atoms with E-state index in [1.54, 1.807) is 7.11 Å². The molecule has 1 aromatic carbocycles. The lowest BCUT2D eigenvalue weighted by atomic mass is 9.89. The zero-order valence-electron chi connectivity index (χ0n) is 12.2. The molecule has 1 heterocycles. The molecule has 2 fully saturated rings. The van der Waals surface area contributed by atoms with E-state index in [4.69, 9.17) is 9.47 Å². The Balaban J connectivity index is 2.02. The summed E-state index contributed by atoms with van der Waals surface area (Å²) in [6.07, 6.45) is 6.27. The van der Waals surface area contributed by atoms with Gasteiger partial charge in [0.05, 0.1) is 13.2 Å². The van der Waals surface area contributed by atoms with Crippen LogP contribution in [-0.2, 0) is 5.54 Å². The van der Waals surface area contributed by atoms with Gasteiger partial charge in [0.15, 0.2) is 11.5 Å². The van der Waals surface area contributed by atoms with Crippen LogP contribution < -0.4 is 14.8 Å². The molecule has 3 rings (SSSR count). The van der Waals surface area contributed by atoms with Crippen molar-refractivity contribution >= 4 is 15.9 Å². The summed E-state index contributed by atoms with van der Waals surface area (Å²) in [5, 5.41) is 3.62. The average Bonchev–Trinajstić information content (AvgIpc) is 2.82. The molecule has 0 radical (unpaired) electrons. The van der Waals surface area contributed by atoms with Crippen molar-refractivity contribution in [3.8, 4) is 11.5 Å². The van der Waals surface area contributed by atoms with Crippen LogP contribution in [0.2, 0.25) is 0 Å². The second-order valence-electron chi connectivity index (χ2n) is 6.02. The molecular formula is C16H22BrNO2. The van der Waals surface area contributed by atoms with Crippen LogP contribution in [0.5, 0.6) is 11.5 Å². The highest BCUT2D eigenvalue weighted by molar-refractivity contribution is 9.10. The van der Waals surface area contributed by atoms with Crippen molar-refractivity contribution < 1.29 is 9.47 Å². The topological polar surface area (TPSA) is 30.5 Å². The van der Waals surface area contributed by atoms with E-state index < -0.39 is 0 Å². The monoisotopic (exact) mass is 339 g/mol. The quantitative estimate of drug-likeness (QED) is 0.899. The van der Waals surface area contributed by atoms with Gasteiger partial charge in [0.2, 0.25) is 0 Å². The van der Waals surface area contributed by atoms with Crippen LogP contribution in [0.4, 0.5) is 0 Å². The lowest BCUT2D eigenvalue weighted by Crippen LogP contribution is -2.35. The van der Waals surface area contributed by atoms with Gasteiger partial charge in [0.1, 0.15) is 0 Å². The van der Waals surface area contributed by atoms with Gasteiger partial charge < -0.3 is 14.8 Å². The van der Waals surface area contributed by atoms with Crippen LogP contribution in [0.1, 0.15) is 44.6 Å². The first-order valence-corrected chi connectivity index (χ1v) is 8.21. The molecule has 3 nitrogen and oxygen atoms in total. The van der Waals surface area contributed by atoms with Crippen LogP contribution in [0.3, 0.4) is 0 Å². The Morgan fingerprint density at radius 2 is 2.10 bits per heavy atom. The van der Waals surface area contributed by atoms with Crippen molar-refractivity contribution in [2.45, 2.75) is 50.7 Å². The molecule has 1 aliphatic heterocycles. The van der Waals surface area contributed by atoms with Gasteiger partial charge in [0, 0.05) is 15.6 Å². The predicted molar refractivity (Wildman–Crippen MR) is 83.5 cm³/mol. The van der Waals surface area contributed by atoms with E-state index in [9.17, 15) is 0 Å². The van der Waals surface area contributed by atoms with Gasteiger partial charge in [-0.3, -0.25) is 0 Å². The summed E-state index contributed by atoms with van der Waals surface area (Å²) >= 11 is 3.59. The molecule has 1 saturated heterocycles. The Morgan fingerprint density at radius 1 is 1.30 bits per heavy atom. The van der Waals surface area contributed by atoms with Gasteiger partial charge in [0.25, 0.3) is 0 Å². The zero-order valence-corrected chi connectivity index (χ0v) is 13.8. The van der Waals surface area contributed by atoms with E-state index in [0.29, 0.717) is 6.10 Å². The third-order valence-corrected chi connectivity index (χ3v) is 5.00. The summed E-state index contributed by atoms with van der Waals surface area (Å²) in [5.41, 5.74) is 1.20. The summed E-state index contributed by atoms with van der Waals surface area (Å²) in [6.45, 7) is 3.32. The van der Waals surface area contributed by atoms with Gasteiger partial charge in [-0.15, -0.1) is 0 Å². The van der Waals surface area contributed by atoms with Crippen molar-refractivity contribution in [3.05, 3.63) is 22.2 Å². The van der Waals surface area contributed by atoms with E-state index in [-0.39, 0.29) is 5.54 Å². The fourth-order valence-electron chi connectivity index (χ4n) is 3.03. The summed E-state index contributed by atoms with van der Waals surface area (Å²) < 4.78 is 12.9. The lowest BCUT2D eigenvalue weighted by Gasteiger charge is -2.33. The van der Waals surface area contributed by atoms with Crippen LogP contribution in [0.25, 0.3) is 0 Å². The number of hydrogen-bond acceptors (Lipinski definition) is 3. The maximum absolute atomic E-state index is 6.25. The minimum atomic E-state index is -0.0177. The summed E-state index contributed by atoms with van der Waals surface area (Å²) in [6, 6.07) is 4.17. The van der Waals surface area contributed by atoms with Crippen molar-refractivity contribution in [3.63, 3.8) is 0 Å². The minimum Gasteiger partial charge on any atom is -0.493 e. The highest BCUT2D eigenvalue weighted by Gasteiger charge is 2.35. The molecular weight excluding hydrogens is 318 g/mol. The molecule has 1 aliphatic carbocycles. The second kappa shape index (κ2) is 5.57. The molecule has 0 spiro atoms. The van der Waals surface area contributed by atoms with E-state index in [1.165, 1.54) is 18.4 Å². The number of rotatable bonds is 4. The molecule has 0 bridgehead atoms. The van der Waals surface area contributed by atoms with Crippen LogP contribution in [-0.4, -0.2) is 19.8 Å². The van der Waals surface area contributed by atoms with Gasteiger partial charge in [-0.1, -0.05) is 15.9 Å². The van der Waals surface area contributed by atoms with Crippen LogP contribution in [0, 0.1) is 0 Å². The Labute approximate surface area is 129 Å². The molecule has 1 aromatic rings. The average molecular weight is 340 g/mol. The second-order valence-corrected chi connectivity index (χ2v) is 6.93. The summed E-state index contributed by atoms with van der Waals surface area (Å²) in [5.74, 6) is 1.76. The molecule has 2 aliphatic rings. The molecule has 4 heteroatoms. The molecule has 20 heavy (non-hydrogen) atoms. The molecule has 1 saturated carbocycles. The SMILES string of the molecule is COc1cc(Br)cc(C2(C)CCCN2)c1OC1CCC1. The highest BCUT2D eigenvalue weighted by Crippen LogP contribution is 2.45. The van der Waals surface area contributed by atoms with Crippen molar-refractivity contribution in [2.24, 2.45) is 0 Å². The molecule has 1 unspecified atom stereocenters. The van der Waals surface area contributed by atoms with Gasteiger partial charge >= 0.3 is 0 Å². The fraction of sp³-hybridized carbons (Fsp3) is 0.625. The first-order chi connectivity index (χ1) is 9.62. The largest absolute Gasteiger partial charge is 0.493 e. The fourth-order valence-corrected chi connectivity index (χ4v) is 3.47. The summed E-state index contributed by atoms with van der Waals surface area (Å²) in [4.78, 5) is 0. The number of methoxy groups -OCH3 is 1. The van der Waals surface area contributed by atoms with Crippen LogP contribution in [0.15, 0.2) is 16.6 Å². The van der Waals surface area contributed by atoms with Crippen molar-refractivity contribution in [1.82, 2.24) is 5.32 Å². The lowest BCUT2D eigenvalue weighted by molar-refractivity contribution is 0.112. The Kier molecular flexibility index (Phi) is 3.95. The van der Waals surface area contributed by atoms with Gasteiger partial charge in [-0.2, -0.15) is 0 Å². The molecule has 1 atom stereocenters. The molecule has 0 aromatic heterocycles. The van der Waals surface area contributed by atoms with Gasteiger partial charge in [-0.25, -0.2) is 0 Å². The summed E-state index contributed by atoms with van der Waals surface area (Å²) in [7, 11) is 1.71. The van der Waals surface area contributed by atoms with E-state index in [0.717, 1.165) is 41.8 Å². The molecule has 1 N–H and O–H groups in total. The standard InChI is InChI=1S/C16H22BrNO2/c1-16(7-4-8-18-16)13-9-11(17)10-14(19-2)15(13)20-12-5-3-6-12/h9-10,12,18H,3-8H2,1-2H3. The van der Waals surface area contributed by atoms with Crippen molar-refractivity contribution in [1.29, 1.82) is 0 Å². The third-order valence-electron chi connectivity index (χ3n) is 4.54. The van der Waals surface area contributed by atoms with E-state index in [1.807, 2.05) is 6.07 Å². The minimum absolute atomic E-state index is 0.0177. The Morgan fingerprint density at radius 3 is 2.65 bits per heavy atom. The first kappa shape index (κ1) is 14.2. The zero-order chi connectivity index (χ0) is 14.2. The number of benzene rings is 1. The van der Waals surface area contributed by atoms with Crippen molar-refractivity contribution in [2.75, 3.05) is 13.7 Å². The number of hydrogen-bond donors (Lipinski definition) is 1. The normalized spacial score (nSPS) is 26.4. The molecule has 0 amide bonds. The molecule has 110 valence electrons. The number of halogens is 1. The number of ether oxygens (including phenoxy) is 2. The Hall–Kier alpha value is -0.740. The Bertz CT molecular complexity index is 493. The van der Waals surface area contributed by atoms with Crippen LogP contribution >= 0.6 is 15.9 Å². The van der Waals surface area contributed by atoms with E-state index in [2.05, 4.69) is 34.2 Å². The maximum atomic E-state index is 6.25. The maximum Gasteiger partial charge on any atom is 0.166 e. The predicted octanol–water partition coefficient (Wildman–Crippen LogP) is 3.99. The van der Waals surface area contributed by atoms with E-state index >= 15 is 0 Å². The third kappa shape index (κ3) is 2.56. The van der Waals surface area contributed by atoms with Gasteiger partial charge in [-0.05, 0) is 57.7 Å².